The van der Waals surface area contributed by atoms with E-state index in [2.05, 4.69) is 0 Å². The molecule has 3 atom stereocenters. The number of ether oxygens (including phenoxy) is 1. The summed E-state index contributed by atoms with van der Waals surface area (Å²) in [5, 5.41) is 32.5. The predicted octanol–water partition coefficient (Wildman–Crippen LogP) is 3.32. The fourth-order valence-corrected chi connectivity index (χ4v) is 5.53. The molecular formula is C22H28O7. The Morgan fingerprint density at radius 3 is 2.31 bits per heavy atom. The van der Waals surface area contributed by atoms with Crippen LogP contribution >= 0.6 is 0 Å². The van der Waals surface area contributed by atoms with E-state index >= 15 is 0 Å². The smallest absolute Gasteiger partial charge is 0.302 e. The maximum atomic E-state index is 13.1. The topological polar surface area (TPSA) is 121 Å². The predicted molar refractivity (Wildman–Crippen MR) is 104 cm³/mol. The van der Waals surface area contributed by atoms with E-state index in [0.717, 1.165) is 12.8 Å². The molecule has 1 saturated carbocycles. The number of Topliss-reactive ketones (excluding diaryl/α,β-unsaturated/α-hetero) is 2. The molecule has 1 aromatic rings. The number of phenolic OH excluding ortho intramolecular Hbond substituents is 3. The molecule has 3 rings (SSSR count). The lowest BCUT2D eigenvalue weighted by atomic mass is 9.49. The molecule has 0 saturated heterocycles. The summed E-state index contributed by atoms with van der Waals surface area (Å²) in [5.41, 5.74) is -1.57. The lowest BCUT2D eigenvalue weighted by Gasteiger charge is -2.52. The first-order valence-electron chi connectivity index (χ1n) is 9.87. The van der Waals surface area contributed by atoms with Crippen molar-refractivity contribution in [3.05, 3.63) is 16.7 Å². The Morgan fingerprint density at radius 1 is 1.10 bits per heavy atom. The summed E-state index contributed by atoms with van der Waals surface area (Å²) in [5.74, 6) is -4.90. The van der Waals surface area contributed by atoms with Gasteiger partial charge in [0.1, 0.15) is 5.75 Å². The van der Waals surface area contributed by atoms with Gasteiger partial charge in [0.05, 0.1) is 12.2 Å². The molecule has 0 aliphatic heterocycles. The Hall–Kier alpha value is -2.57. The van der Waals surface area contributed by atoms with Crippen molar-refractivity contribution in [2.45, 2.75) is 65.2 Å². The molecule has 2 aliphatic carbocycles. The monoisotopic (exact) mass is 404 g/mol. The van der Waals surface area contributed by atoms with Crippen molar-refractivity contribution in [1.29, 1.82) is 0 Å². The van der Waals surface area contributed by atoms with Crippen LogP contribution in [0.2, 0.25) is 0 Å². The lowest BCUT2D eigenvalue weighted by molar-refractivity contribution is -0.141. The fraction of sp³-hybridized carbons (Fsp3) is 0.591. The van der Waals surface area contributed by atoms with Crippen LogP contribution in [0.4, 0.5) is 0 Å². The second-order valence-electron chi connectivity index (χ2n) is 9.30. The van der Waals surface area contributed by atoms with Crippen molar-refractivity contribution in [3.63, 3.8) is 0 Å². The van der Waals surface area contributed by atoms with Crippen molar-refractivity contribution in [1.82, 2.24) is 0 Å². The van der Waals surface area contributed by atoms with Gasteiger partial charge >= 0.3 is 5.97 Å². The molecule has 2 aliphatic rings. The van der Waals surface area contributed by atoms with Crippen LogP contribution in [0.25, 0.3) is 0 Å². The maximum Gasteiger partial charge on any atom is 0.302 e. The van der Waals surface area contributed by atoms with Gasteiger partial charge in [-0.15, -0.1) is 0 Å². The quantitative estimate of drug-likeness (QED) is 0.306. The minimum atomic E-state index is -0.890. The summed E-state index contributed by atoms with van der Waals surface area (Å²) in [6, 6.07) is 0. The van der Waals surface area contributed by atoms with Crippen LogP contribution in [-0.4, -0.2) is 39.5 Å². The number of hydrogen-bond acceptors (Lipinski definition) is 7. The van der Waals surface area contributed by atoms with Crippen LogP contribution in [-0.2, 0) is 19.7 Å². The van der Waals surface area contributed by atoms with Crippen LogP contribution < -0.4 is 0 Å². The third-order valence-corrected chi connectivity index (χ3v) is 6.71. The first-order valence-corrected chi connectivity index (χ1v) is 9.87. The number of phenols is 3. The number of carbonyl (C=O) groups is 3. The van der Waals surface area contributed by atoms with Gasteiger partial charge in [-0.25, -0.2) is 0 Å². The number of ketones is 2. The maximum absolute atomic E-state index is 13.1. The van der Waals surface area contributed by atoms with E-state index < -0.39 is 57.5 Å². The van der Waals surface area contributed by atoms with Crippen molar-refractivity contribution in [2.75, 3.05) is 6.61 Å². The van der Waals surface area contributed by atoms with E-state index in [1.807, 2.05) is 20.8 Å². The molecule has 0 spiro atoms. The normalized spacial score (nSPS) is 26.4. The minimum absolute atomic E-state index is 0.110. The van der Waals surface area contributed by atoms with Gasteiger partial charge in [0.25, 0.3) is 0 Å². The van der Waals surface area contributed by atoms with E-state index in [0.29, 0.717) is 6.42 Å². The van der Waals surface area contributed by atoms with E-state index in [9.17, 15) is 29.7 Å². The number of aromatic hydroxyl groups is 3. The molecule has 0 amide bonds. The molecule has 0 unspecified atom stereocenters. The van der Waals surface area contributed by atoms with Gasteiger partial charge in [-0.3, -0.25) is 14.4 Å². The minimum Gasteiger partial charge on any atom is -0.507 e. The van der Waals surface area contributed by atoms with Gasteiger partial charge in [0, 0.05) is 35.3 Å². The first-order chi connectivity index (χ1) is 13.3. The zero-order chi connectivity index (χ0) is 21.9. The highest BCUT2D eigenvalue weighted by atomic mass is 16.5. The first kappa shape index (κ1) is 21.1. The summed E-state index contributed by atoms with van der Waals surface area (Å²) >= 11 is 0. The van der Waals surface area contributed by atoms with Crippen molar-refractivity contribution < 1.29 is 34.4 Å². The standard InChI is InChI=1S/C22H28O7/c1-10(9-29-11(2)23)12-15(24)13-14(18(27)16(12)25)22(5)8-6-7-21(3,4)20(22)19(28)17(13)26/h10,20,24-25,27H,6-9H2,1-5H3/t10-,20+,22-/m1/s1. The van der Waals surface area contributed by atoms with Crippen LogP contribution in [0.5, 0.6) is 17.2 Å². The van der Waals surface area contributed by atoms with Gasteiger partial charge in [-0.05, 0) is 18.3 Å². The zero-order valence-corrected chi connectivity index (χ0v) is 17.5. The molecule has 0 bridgehead atoms. The van der Waals surface area contributed by atoms with Gasteiger partial charge in [-0.2, -0.15) is 0 Å². The Labute approximate surface area is 169 Å². The number of esters is 1. The SMILES string of the molecule is CC(=O)OC[C@@H](C)c1c(O)c(O)c2c(c1O)C(=O)C(=O)[C@H]1C(C)(C)CCC[C@]21C. The highest BCUT2D eigenvalue weighted by Gasteiger charge is 2.59. The van der Waals surface area contributed by atoms with Crippen LogP contribution in [0.15, 0.2) is 0 Å². The van der Waals surface area contributed by atoms with E-state index in [4.69, 9.17) is 4.74 Å². The number of hydrogen-bond donors (Lipinski definition) is 3. The van der Waals surface area contributed by atoms with Crippen LogP contribution in [0, 0.1) is 11.3 Å². The van der Waals surface area contributed by atoms with Crippen molar-refractivity contribution in [2.24, 2.45) is 11.3 Å². The summed E-state index contributed by atoms with van der Waals surface area (Å²) < 4.78 is 4.94. The second-order valence-corrected chi connectivity index (χ2v) is 9.30. The molecule has 1 aromatic carbocycles. The summed E-state index contributed by atoms with van der Waals surface area (Å²) in [6.45, 7) is 8.30. The highest BCUT2D eigenvalue weighted by Crippen LogP contribution is 2.61. The van der Waals surface area contributed by atoms with E-state index in [1.54, 1.807) is 6.92 Å². The molecule has 29 heavy (non-hydrogen) atoms. The molecule has 158 valence electrons. The third kappa shape index (κ3) is 2.98. The Balaban J connectivity index is 2.27. The van der Waals surface area contributed by atoms with Gasteiger partial charge in [0.2, 0.25) is 11.6 Å². The molecule has 0 radical (unpaired) electrons. The molecule has 3 N–H and O–H groups in total. The van der Waals surface area contributed by atoms with Crippen LogP contribution in [0.3, 0.4) is 0 Å². The average molecular weight is 404 g/mol. The molecule has 7 heteroatoms. The Bertz CT molecular complexity index is 914. The van der Waals surface area contributed by atoms with Crippen molar-refractivity contribution >= 4 is 17.5 Å². The largest absolute Gasteiger partial charge is 0.507 e. The highest BCUT2D eigenvalue weighted by molar-refractivity contribution is 6.47. The zero-order valence-electron chi connectivity index (χ0n) is 17.5. The second kappa shape index (κ2) is 6.75. The number of benzene rings is 1. The number of carbonyl (C=O) groups excluding carboxylic acids is 3. The molecule has 0 aromatic heterocycles. The summed E-state index contributed by atoms with van der Waals surface area (Å²) in [4.78, 5) is 37.3. The fourth-order valence-electron chi connectivity index (χ4n) is 5.53. The summed E-state index contributed by atoms with van der Waals surface area (Å²) in [7, 11) is 0. The van der Waals surface area contributed by atoms with Crippen LogP contribution in [0.1, 0.15) is 81.3 Å². The third-order valence-electron chi connectivity index (χ3n) is 6.71. The molecule has 7 nitrogen and oxygen atoms in total. The van der Waals surface area contributed by atoms with E-state index in [-0.39, 0.29) is 23.3 Å². The van der Waals surface area contributed by atoms with Gasteiger partial charge < -0.3 is 20.1 Å². The Kier molecular flexibility index (Phi) is 4.92. The van der Waals surface area contributed by atoms with Gasteiger partial charge in [0.15, 0.2) is 11.5 Å². The molecular weight excluding hydrogens is 376 g/mol. The van der Waals surface area contributed by atoms with E-state index in [1.165, 1.54) is 6.92 Å². The average Bonchev–Trinajstić information content (AvgIpc) is 2.60. The lowest BCUT2D eigenvalue weighted by Crippen LogP contribution is -2.54. The Morgan fingerprint density at radius 2 is 1.72 bits per heavy atom. The van der Waals surface area contributed by atoms with Crippen molar-refractivity contribution in [3.8, 4) is 17.2 Å². The molecule has 0 heterocycles. The van der Waals surface area contributed by atoms with Gasteiger partial charge in [-0.1, -0.05) is 34.1 Å². The summed E-state index contributed by atoms with van der Waals surface area (Å²) in [6.07, 6.45) is 2.09. The number of fused-ring (bicyclic) bond motifs is 3. The molecule has 1 fully saturated rings. The number of rotatable bonds is 3.